The SMILES string of the molecule is O=S(=O)(NCC1CCCN1)c1ccc(Br)cc1C(F)(F)F. The van der Waals surface area contributed by atoms with E-state index in [9.17, 15) is 21.6 Å². The number of nitrogens with one attached hydrogen (secondary N) is 2. The summed E-state index contributed by atoms with van der Waals surface area (Å²) in [5.74, 6) is 0. The molecule has 2 rings (SSSR count). The highest BCUT2D eigenvalue weighted by molar-refractivity contribution is 9.10. The van der Waals surface area contributed by atoms with E-state index in [2.05, 4.69) is 26.0 Å². The van der Waals surface area contributed by atoms with Crippen LogP contribution in [0.4, 0.5) is 13.2 Å². The zero-order valence-electron chi connectivity index (χ0n) is 10.9. The molecular weight excluding hydrogens is 373 g/mol. The third-order valence-electron chi connectivity index (χ3n) is 3.22. The largest absolute Gasteiger partial charge is 0.417 e. The van der Waals surface area contributed by atoms with Gasteiger partial charge in [-0.05, 0) is 37.6 Å². The van der Waals surface area contributed by atoms with Crippen molar-refractivity contribution in [2.24, 2.45) is 0 Å². The molecule has 0 radical (unpaired) electrons. The van der Waals surface area contributed by atoms with Crippen molar-refractivity contribution in [1.82, 2.24) is 10.0 Å². The predicted molar refractivity (Wildman–Crippen MR) is 75.4 cm³/mol. The summed E-state index contributed by atoms with van der Waals surface area (Å²) < 4.78 is 65.6. The Morgan fingerprint density at radius 3 is 2.67 bits per heavy atom. The average molecular weight is 387 g/mol. The molecule has 118 valence electrons. The fourth-order valence-corrected chi connectivity index (χ4v) is 3.83. The Kier molecular flexibility index (Phi) is 4.96. The summed E-state index contributed by atoms with van der Waals surface area (Å²) in [6, 6.07) is 2.96. The molecule has 9 heteroatoms. The number of rotatable bonds is 4. The monoisotopic (exact) mass is 386 g/mol. The normalized spacial score (nSPS) is 19.9. The maximum Gasteiger partial charge on any atom is 0.417 e. The molecule has 1 aromatic carbocycles. The highest BCUT2D eigenvalue weighted by atomic mass is 79.9. The van der Waals surface area contributed by atoms with Crippen molar-refractivity contribution >= 4 is 26.0 Å². The van der Waals surface area contributed by atoms with Crippen LogP contribution in [0.5, 0.6) is 0 Å². The lowest BCUT2D eigenvalue weighted by molar-refractivity contribution is -0.139. The number of halogens is 4. The summed E-state index contributed by atoms with van der Waals surface area (Å²) in [6.07, 6.45) is -3.01. The second-order valence-electron chi connectivity index (χ2n) is 4.78. The van der Waals surface area contributed by atoms with Crippen molar-refractivity contribution in [3.63, 3.8) is 0 Å². The second kappa shape index (κ2) is 6.23. The molecule has 1 aromatic rings. The van der Waals surface area contributed by atoms with Gasteiger partial charge >= 0.3 is 6.18 Å². The fourth-order valence-electron chi connectivity index (χ4n) is 2.18. The number of benzene rings is 1. The van der Waals surface area contributed by atoms with Crippen molar-refractivity contribution in [3.05, 3.63) is 28.2 Å². The van der Waals surface area contributed by atoms with E-state index in [0.29, 0.717) is 0 Å². The van der Waals surface area contributed by atoms with Crippen LogP contribution in [0.15, 0.2) is 27.6 Å². The Hall–Kier alpha value is -0.640. The van der Waals surface area contributed by atoms with Crippen LogP contribution in [0.25, 0.3) is 0 Å². The predicted octanol–water partition coefficient (Wildman–Crippen LogP) is 2.50. The molecular formula is C12H14BrF3N2O2S. The summed E-state index contributed by atoms with van der Waals surface area (Å²) in [7, 11) is -4.21. The van der Waals surface area contributed by atoms with Gasteiger partial charge in [0.25, 0.3) is 0 Å². The fraction of sp³-hybridized carbons (Fsp3) is 0.500. The van der Waals surface area contributed by atoms with Crippen LogP contribution in [-0.4, -0.2) is 27.5 Å². The molecule has 1 heterocycles. The quantitative estimate of drug-likeness (QED) is 0.835. The number of hydrogen-bond donors (Lipinski definition) is 2. The molecule has 1 aliphatic heterocycles. The molecule has 2 N–H and O–H groups in total. The first-order chi connectivity index (χ1) is 9.70. The second-order valence-corrected chi connectivity index (χ2v) is 7.43. The van der Waals surface area contributed by atoms with Crippen LogP contribution < -0.4 is 10.0 Å². The molecule has 0 aromatic heterocycles. The minimum atomic E-state index is -4.74. The van der Waals surface area contributed by atoms with E-state index in [-0.39, 0.29) is 17.1 Å². The Balaban J connectivity index is 2.26. The maximum atomic E-state index is 13.0. The summed E-state index contributed by atoms with van der Waals surface area (Å²) in [4.78, 5) is -0.754. The van der Waals surface area contributed by atoms with E-state index in [1.54, 1.807) is 0 Å². The Bertz CT molecular complexity index is 613. The Morgan fingerprint density at radius 1 is 1.38 bits per heavy atom. The van der Waals surface area contributed by atoms with Gasteiger partial charge in [-0.2, -0.15) is 13.2 Å². The van der Waals surface area contributed by atoms with E-state index >= 15 is 0 Å². The first-order valence-electron chi connectivity index (χ1n) is 6.30. The molecule has 1 fully saturated rings. The minimum Gasteiger partial charge on any atom is -0.313 e. The third kappa shape index (κ3) is 4.18. The van der Waals surface area contributed by atoms with Gasteiger partial charge in [-0.3, -0.25) is 0 Å². The highest BCUT2D eigenvalue weighted by Gasteiger charge is 2.37. The molecule has 4 nitrogen and oxygen atoms in total. The summed E-state index contributed by atoms with van der Waals surface area (Å²) in [5, 5.41) is 3.08. The average Bonchev–Trinajstić information content (AvgIpc) is 2.88. The van der Waals surface area contributed by atoms with Crippen LogP contribution in [-0.2, 0) is 16.2 Å². The number of sulfonamides is 1. The smallest absolute Gasteiger partial charge is 0.313 e. The van der Waals surface area contributed by atoms with Gasteiger partial charge in [0.05, 0.1) is 10.5 Å². The maximum absolute atomic E-state index is 13.0. The summed E-state index contributed by atoms with van der Waals surface area (Å²) in [5.41, 5.74) is -1.18. The Labute approximate surface area is 129 Å². The van der Waals surface area contributed by atoms with Crippen molar-refractivity contribution in [1.29, 1.82) is 0 Å². The van der Waals surface area contributed by atoms with Gasteiger partial charge in [-0.25, -0.2) is 13.1 Å². The van der Waals surface area contributed by atoms with Gasteiger partial charge in [0.15, 0.2) is 0 Å². The van der Waals surface area contributed by atoms with Crippen LogP contribution in [0, 0.1) is 0 Å². The van der Waals surface area contributed by atoms with Crippen LogP contribution >= 0.6 is 15.9 Å². The minimum absolute atomic E-state index is 0.0374. The number of alkyl halides is 3. The molecule has 1 unspecified atom stereocenters. The van der Waals surface area contributed by atoms with Gasteiger partial charge < -0.3 is 5.32 Å². The van der Waals surface area contributed by atoms with Crippen LogP contribution in [0.2, 0.25) is 0 Å². The van der Waals surface area contributed by atoms with E-state index in [1.807, 2.05) is 0 Å². The van der Waals surface area contributed by atoms with Crippen LogP contribution in [0.3, 0.4) is 0 Å². The lowest BCUT2D eigenvalue weighted by Gasteiger charge is -2.16. The van der Waals surface area contributed by atoms with Gasteiger partial charge in [0.2, 0.25) is 10.0 Å². The lowest BCUT2D eigenvalue weighted by Crippen LogP contribution is -2.37. The molecule has 1 atom stereocenters. The van der Waals surface area contributed by atoms with E-state index in [4.69, 9.17) is 0 Å². The van der Waals surface area contributed by atoms with E-state index < -0.39 is 26.7 Å². The zero-order valence-corrected chi connectivity index (χ0v) is 13.3. The molecule has 0 bridgehead atoms. The van der Waals surface area contributed by atoms with Gasteiger partial charge in [-0.15, -0.1) is 0 Å². The summed E-state index contributed by atoms with van der Waals surface area (Å²) >= 11 is 2.92. The topological polar surface area (TPSA) is 58.2 Å². The lowest BCUT2D eigenvalue weighted by atomic mass is 10.2. The van der Waals surface area contributed by atoms with Crippen molar-refractivity contribution in [3.8, 4) is 0 Å². The van der Waals surface area contributed by atoms with E-state index in [1.165, 1.54) is 6.07 Å². The molecule has 0 saturated carbocycles. The molecule has 1 aliphatic rings. The standard InChI is InChI=1S/C12H14BrF3N2O2S/c13-8-3-4-11(10(6-8)12(14,15)16)21(19,20)18-7-9-2-1-5-17-9/h3-4,6,9,17-18H,1-2,5,7H2. The van der Waals surface area contributed by atoms with Crippen molar-refractivity contribution < 1.29 is 21.6 Å². The molecule has 0 aliphatic carbocycles. The summed E-state index contributed by atoms with van der Waals surface area (Å²) in [6.45, 7) is 0.869. The van der Waals surface area contributed by atoms with Gasteiger partial charge in [0, 0.05) is 17.1 Å². The molecule has 1 saturated heterocycles. The van der Waals surface area contributed by atoms with E-state index in [0.717, 1.165) is 31.5 Å². The first-order valence-corrected chi connectivity index (χ1v) is 8.57. The van der Waals surface area contributed by atoms with Gasteiger partial charge in [-0.1, -0.05) is 15.9 Å². The van der Waals surface area contributed by atoms with Crippen molar-refractivity contribution in [2.45, 2.75) is 30.0 Å². The Morgan fingerprint density at radius 2 is 2.10 bits per heavy atom. The zero-order chi connectivity index (χ0) is 15.7. The molecule has 0 amide bonds. The van der Waals surface area contributed by atoms with Gasteiger partial charge in [0.1, 0.15) is 0 Å². The molecule has 0 spiro atoms. The first kappa shape index (κ1) is 16.7. The number of hydrogen-bond acceptors (Lipinski definition) is 3. The third-order valence-corrected chi connectivity index (χ3v) is 5.19. The molecule has 21 heavy (non-hydrogen) atoms. The highest BCUT2D eigenvalue weighted by Crippen LogP contribution is 2.35. The van der Waals surface area contributed by atoms with Crippen LogP contribution in [0.1, 0.15) is 18.4 Å². The van der Waals surface area contributed by atoms with Crippen molar-refractivity contribution in [2.75, 3.05) is 13.1 Å².